The van der Waals surface area contributed by atoms with Crippen LogP contribution in [0.4, 0.5) is 11.4 Å². The largest absolute Gasteiger partial charge is 0.240 e. The molecule has 0 saturated carbocycles. The molecular weight excluding hydrogens is 178 g/mol. The van der Waals surface area contributed by atoms with E-state index in [0.717, 1.165) is 0 Å². The van der Waals surface area contributed by atoms with Crippen LogP contribution in [0.1, 0.15) is 0 Å². The summed E-state index contributed by atoms with van der Waals surface area (Å²) in [5.74, 6) is 0. The highest BCUT2D eigenvalue weighted by atomic mass is 32.2. The van der Waals surface area contributed by atoms with Crippen LogP contribution in [0.3, 0.4) is 0 Å². The maximum Gasteiger partial charge on any atom is 0.240 e. The van der Waals surface area contributed by atoms with Crippen molar-refractivity contribution in [2.24, 2.45) is 15.4 Å². The summed E-state index contributed by atoms with van der Waals surface area (Å²) in [5, 5.41) is 12.0. The molecule has 12 heavy (non-hydrogen) atoms. The topological polar surface area (TPSA) is 84.9 Å². The van der Waals surface area contributed by atoms with Crippen LogP contribution >= 0.6 is 0 Å². The van der Waals surface area contributed by atoms with Crippen molar-refractivity contribution in [2.45, 2.75) is 4.90 Å². The fourth-order valence-electron chi connectivity index (χ4n) is 0.918. The van der Waals surface area contributed by atoms with Gasteiger partial charge in [-0.25, -0.2) is 13.6 Å². The molecule has 2 rings (SSSR count). The highest BCUT2D eigenvalue weighted by Gasteiger charge is 2.21. The third-order valence-electron chi connectivity index (χ3n) is 1.47. The molecule has 0 saturated heterocycles. The van der Waals surface area contributed by atoms with E-state index in [1.807, 2.05) is 0 Å². The van der Waals surface area contributed by atoms with E-state index in [4.69, 9.17) is 5.14 Å². The van der Waals surface area contributed by atoms with Gasteiger partial charge in [-0.15, -0.1) is 10.2 Å². The van der Waals surface area contributed by atoms with Gasteiger partial charge >= 0.3 is 0 Å². The summed E-state index contributed by atoms with van der Waals surface area (Å²) in [6, 6.07) is 5.53. The number of fused-ring (bicyclic) bond motifs is 1. The lowest BCUT2D eigenvalue weighted by Gasteiger charge is -2.09. The molecular formula is C6H4N3O2S. The van der Waals surface area contributed by atoms with E-state index in [1.165, 1.54) is 12.1 Å². The number of hydrogen-bond donors (Lipinski definition) is 1. The zero-order chi connectivity index (χ0) is 8.77. The Labute approximate surface area is 69.0 Å². The molecule has 0 spiro atoms. The van der Waals surface area contributed by atoms with E-state index in [1.54, 1.807) is 0 Å². The van der Waals surface area contributed by atoms with Crippen LogP contribution in [0.5, 0.6) is 0 Å². The van der Waals surface area contributed by atoms with Gasteiger partial charge in [0.15, 0.2) is 0 Å². The van der Waals surface area contributed by atoms with Crippen molar-refractivity contribution in [3.05, 3.63) is 18.2 Å². The Bertz CT molecular complexity index is 464. The number of primary sulfonamides is 1. The van der Waals surface area contributed by atoms with E-state index >= 15 is 0 Å². The third kappa shape index (κ3) is 0.926. The average Bonchev–Trinajstić information content (AvgIpc) is 1.88. The molecule has 0 atom stereocenters. The molecule has 1 aromatic rings. The van der Waals surface area contributed by atoms with Gasteiger partial charge in [-0.05, 0) is 6.07 Å². The first-order valence-corrected chi connectivity index (χ1v) is 4.63. The quantitative estimate of drug-likeness (QED) is 0.709. The van der Waals surface area contributed by atoms with Crippen LogP contribution in [0.15, 0.2) is 27.3 Å². The lowest BCUT2D eigenvalue weighted by atomic mass is 10.2. The van der Waals surface area contributed by atoms with Gasteiger partial charge in [0.25, 0.3) is 0 Å². The van der Waals surface area contributed by atoms with Gasteiger partial charge in [0.05, 0.1) is 0 Å². The van der Waals surface area contributed by atoms with Crippen molar-refractivity contribution < 1.29 is 8.42 Å². The zero-order valence-corrected chi connectivity index (χ0v) is 6.67. The molecule has 5 nitrogen and oxygen atoms in total. The number of azo groups is 1. The normalized spacial score (nSPS) is 13.8. The van der Waals surface area contributed by atoms with Crippen LogP contribution in [0.2, 0.25) is 0 Å². The molecule has 1 heterocycles. The van der Waals surface area contributed by atoms with Crippen LogP contribution in [0, 0.1) is 6.07 Å². The molecule has 0 aliphatic carbocycles. The summed E-state index contributed by atoms with van der Waals surface area (Å²) in [7, 11) is -3.68. The number of sulfonamides is 1. The first-order valence-electron chi connectivity index (χ1n) is 3.08. The second kappa shape index (κ2) is 2.11. The fourth-order valence-corrected chi connectivity index (χ4v) is 1.58. The van der Waals surface area contributed by atoms with Crippen LogP contribution in [-0.4, -0.2) is 8.42 Å². The van der Waals surface area contributed by atoms with Crippen molar-refractivity contribution >= 4 is 21.4 Å². The second-order valence-electron chi connectivity index (χ2n) is 2.28. The molecule has 1 radical (unpaired) electrons. The molecule has 0 unspecified atom stereocenters. The summed E-state index contributed by atoms with van der Waals surface area (Å²) in [6.07, 6.45) is 0. The monoisotopic (exact) mass is 182 g/mol. The minimum absolute atomic E-state index is 0.00579. The zero-order valence-electron chi connectivity index (χ0n) is 5.85. The van der Waals surface area contributed by atoms with Crippen LogP contribution in [-0.2, 0) is 10.0 Å². The molecule has 0 bridgehead atoms. The van der Waals surface area contributed by atoms with Crippen molar-refractivity contribution in [3.8, 4) is 0 Å². The van der Waals surface area contributed by atoms with Crippen molar-refractivity contribution in [1.82, 2.24) is 0 Å². The summed E-state index contributed by atoms with van der Waals surface area (Å²) >= 11 is 0. The van der Waals surface area contributed by atoms with Crippen LogP contribution in [0.25, 0.3) is 0 Å². The lowest BCUT2D eigenvalue weighted by Crippen LogP contribution is -2.12. The third-order valence-corrected chi connectivity index (χ3v) is 2.41. The van der Waals surface area contributed by atoms with Gasteiger partial charge in [0.1, 0.15) is 16.3 Å². The summed E-state index contributed by atoms with van der Waals surface area (Å²) in [6.45, 7) is 0. The minimum atomic E-state index is -3.68. The fraction of sp³-hybridized carbons (Fsp3) is 0. The van der Waals surface area contributed by atoms with Crippen molar-refractivity contribution in [2.75, 3.05) is 0 Å². The average molecular weight is 182 g/mol. The number of nitrogens with zero attached hydrogens (tertiary/aromatic N) is 2. The molecule has 1 aromatic carbocycles. The molecule has 0 amide bonds. The number of hydrogen-bond acceptors (Lipinski definition) is 4. The molecule has 6 heteroatoms. The van der Waals surface area contributed by atoms with E-state index < -0.39 is 10.0 Å². The molecule has 0 aromatic heterocycles. The summed E-state index contributed by atoms with van der Waals surface area (Å²) < 4.78 is 21.8. The SMILES string of the molecule is NS(=O)(=O)c1cc[c]c2c1N=N2. The van der Waals surface area contributed by atoms with E-state index in [-0.39, 0.29) is 4.90 Å². The van der Waals surface area contributed by atoms with Crippen molar-refractivity contribution in [1.29, 1.82) is 0 Å². The van der Waals surface area contributed by atoms with Gasteiger partial charge in [-0.3, -0.25) is 0 Å². The maximum atomic E-state index is 10.9. The second-order valence-corrected chi connectivity index (χ2v) is 3.81. The maximum absolute atomic E-state index is 10.9. The summed E-state index contributed by atoms with van der Waals surface area (Å²) in [4.78, 5) is 0.00579. The van der Waals surface area contributed by atoms with Gasteiger partial charge in [0, 0.05) is 6.07 Å². The molecule has 2 N–H and O–H groups in total. The van der Waals surface area contributed by atoms with Gasteiger partial charge < -0.3 is 0 Å². The molecule has 0 fully saturated rings. The Kier molecular flexibility index (Phi) is 1.30. The molecule has 1 aliphatic rings. The van der Waals surface area contributed by atoms with Gasteiger partial charge in [0.2, 0.25) is 10.0 Å². The Hall–Kier alpha value is -1.27. The smallest absolute Gasteiger partial charge is 0.225 e. The Morgan fingerprint density at radius 1 is 1.42 bits per heavy atom. The van der Waals surface area contributed by atoms with E-state index in [0.29, 0.717) is 11.4 Å². The van der Waals surface area contributed by atoms with Gasteiger partial charge in [-0.2, -0.15) is 0 Å². The van der Waals surface area contributed by atoms with Crippen LogP contribution < -0.4 is 5.14 Å². The van der Waals surface area contributed by atoms with Gasteiger partial charge in [-0.1, -0.05) is 6.07 Å². The van der Waals surface area contributed by atoms with E-state index in [9.17, 15) is 8.42 Å². The predicted octanol–water partition coefficient (Wildman–Crippen LogP) is 0.863. The molecule has 1 aliphatic heterocycles. The van der Waals surface area contributed by atoms with E-state index in [2.05, 4.69) is 16.3 Å². The standard InChI is InChI=1S/C6H4N3O2S/c7-12(10,11)5-3-1-2-4-6(5)9-8-4/h1,3H,(H2,7,10,11). The number of nitrogens with two attached hydrogens (primary N) is 1. The highest BCUT2D eigenvalue weighted by molar-refractivity contribution is 7.89. The predicted molar refractivity (Wildman–Crippen MR) is 40.8 cm³/mol. The minimum Gasteiger partial charge on any atom is -0.225 e. The number of rotatable bonds is 1. The molecule has 61 valence electrons. The Morgan fingerprint density at radius 3 is 2.58 bits per heavy atom. The highest BCUT2D eigenvalue weighted by Crippen LogP contribution is 2.41. The first-order chi connectivity index (χ1) is 5.59. The Balaban J connectivity index is 2.71. The van der Waals surface area contributed by atoms with Crippen molar-refractivity contribution in [3.63, 3.8) is 0 Å². The lowest BCUT2D eigenvalue weighted by molar-refractivity contribution is 0.597. The Morgan fingerprint density at radius 2 is 2.17 bits per heavy atom. The summed E-state index contributed by atoms with van der Waals surface area (Å²) in [5.41, 5.74) is 0.751. The number of benzene rings is 1. The first kappa shape index (κ1) is 7.38.